The number of aliphatic hydroxyl groups excluding tert-OH is 1. The molecule has 0 aliphatic rings. The van der Waals surface area contributed by atoms with Gasteiger partial charge in [0.05, 0.1) is 13.7 Å². The van der Waals surface area contributed by atoms with Crippen LogP contribution in [0.1, 0.15) is 0 Å². The summed E-state index contributed by atoms with van der Waals surface area (Å²) in [5, 5.41) is 8.10. The van der Waals surface area contributed by atoms with Crippen LogP contribution in [0.3, 0.4) is 0 Å². The zero-order valence-electron chi connectivity index (χ0n) is 4.53. The predicted molar refractivity (Wildman–Crippen MR) is 37.6 cm³/mol. The Balaban J connectivity index is 0. The van der Waals surface area contributed by atoms with Gasteiger partial charge in [0.2, 0.25) is 0 Å². The summed E-state index contributed by atoms with van der Waals surface area (Å²) in [6, 6.07) is 0. The van der Waals surface area contributed by atoms with Crippen molar-refractivity contribution in [1.29, 1.82) is 0 Å². The molecule has 0 saturated heterocycles. The fourth-order valence-corrected chi connectivity index (χ4v) is 0.504. The minimum atomic E-state index is -1.99. The lowest BCUT2D eigenvalue weighted by Gasteiger charge is -1.80. The highest BCUT2D eigenvalue weighted by Crippen LogP contribution is 2.20. The molecular formula is C3H11AlO4P+. The third-order valence-corrected chi connectivity index (χ3v) is 1.13. The van der Waals surface area contributed by atoms with Crippen LogP contribution in [-0.2, 0) is 13.6 Å². The Morgan fingerprint density at radius 1 is 1.67 bits per heavy atom. The van der Waals surface area contributed by atoms with Crippen molar-refractivity contribution in [3.8, 4) is 0 Å². The SMILES string of the molecule is CO[P+](=O)OCCO.[AlH3]. The van der Waals surface area contributed by atoms with Crippen molar-refractivity contribution in [1.82, 2.24) is 0 Å². The Hall–Kier alpha value is 0.512. The van der Waals surface area contributed by atoms with Gasteiger partial charge in [-0.15, -0.1) is 9.05 Å². The summed E-state index contributed by atoms with van der Waals surface area (Å²) in [7, 11) is -0.720. The summed E-state index contributed by atoms with van der Waals surface area (Å²) in [6.07, 6.45) is 0. The van der Waals surface area contributed by atoms with E-state index in [9.17, 15) is 4.57 Å². The van der Waals surface area contributed by atoms with Crippen molar-refractivity contribution < 1.29 is 18.7 Å². The average molecular weight is 169 g/mol. The van der Waals surface area contributed by atoms with Gasteiger partial charge in [-0.2, -0.15) is 0 Å². The summed E-state index contributed by atoms with van der Waals surface area (Å²) in [6.45, 7) is -0.0759. The van der Waals surface area contributed by atoms with Gasteiger partial charge >= 0.3 is 8.25 Å². The molecule has 1 atom stereocenters. The maximum absolute atomic E-state index is 10.2. The van der Waals surface area contributed by atoms with Crippen LogP contribution in [0.25, 0.3) is 0 Å². The second kappa shape index (κ2) is 8.51. The van der Waals surface area contributed by atoms with E-state index < -0.39 is 8.25 Å². The number of rotatable bonds is 4. The lowest BCUT2D eigenvalue weighted by molar-refractivity contribution is 0.185. The Morgan fingerprint density at radius 3 is 2.56 bits per heavy atom. The monoisotopic (exact) mass is 169 g/mol. The summed E-state index contributed by atoms with van der Waals surface area (Å²) >= 11 is 0. The molecule has 1 unspecified atom stereocenters. The molecule has 0 aliphatic carbocycles. The standard InChI is InChI=1S/C3H8O4P.Al.3H/c1-6-8(5)7-3-2-4;;;;/h4H,2-3H2,1H3;;;;/q+1;;;;. The van der Waals surface area contributed by atoms with Gasteiger partial charge in [0, 0.05) is 4.57 Å². The lowest BCUT2D eigenvalue weighted by atomic mass is 10.8. The molecule has 0 aliphatic heterocycles. The van der Waals surface area contributed by atoms with E-state index in [1.807, 2.05) is 0 Å². The van der Waals surface area contributed by atoms with Gasteiger partial charge in [-0.1, -0.05) is 0 Å². The highest BCUT2D eigenvalue weighted by atomic mass is 31.1. The molecule has 0 rings (SSSR count). The van der Waals surface area contributed by atoms with Gasteiger partial charge in [-0.05, 0) is 0 Å². The van der Waals surface area contributed by atoms with Crippen LogP contribution in [0, 0.1) is 0 Å². The second-order valence-electron chi connectivity index (χ2n) is 0.963. The van der Waals surface area contributed by atoms with E-state index in [0.717, 1.165) is 0 Å². The van der Waals surface area contributed by atoms with Crippen LogP contribution in [0.2, 0.25) is 0 Å². The van der Waals surface area contributed by atoms with Gasteiger partial charge in [-0.25, -0.2) is 0 Å². The second-order valence-corrected chi connectivity index (χ2v) is 2.03. The number of hydrogen-bond acceptors (Lipinski definition) is 4. The van der Waals surface area contributed by atoms with Crippen molar-refractivity contribution in [3.63, 3.8) is 0 Å². The van der Waals surface area contributed by atoms with Crippen LogP contribution >= 0.6 is 8.25 Å². The number of aliphatic hydroxyl groups is 1. The maximum atomic E-state index is 10.2. The molecule has 0 spiro atoms. The van der Waals surface area contributed by atoms with Crippen LogP contribution in [0.5, 0.6) is 0 Å². The molecule has 0 bridgehead atoms. The van der Waals surface area contributed by atoms with Crippen molar-refractivity contribution in [3.05, 3.63) is 0 Å². The Morgan fingerprint density at radius 2 is 2.22 bits per heavy atom. The molecule has 0 radical (unpaired) electrons. The van der Waals surface area contributed by atoms with Gasteiger partial charge in [0.1, 0.15) is 6.61 Å². The fourth-order valence-electron chi connectivity index (χ4n) is 0.168. The quantitative estimate of drug-likeness (QED) is 0.438. The number of hydrogen-bond donors (Lipinski definition) is 1. The topological polar surface area (TPSA) is 55.8 Å². The van der Waals surface area contributed by atoms with Crippen LogP contribution in [0.15, 0.2) is 0 Å². The zero-order valence-corrected chi connectivity index (χ0v) is 5.43. The highest BCUT2D eigenvalue weighted by Gasteiger charge is 2.14. The molecule has 54 valence electrons. The van der Waals surface area contributed by atoms with Crippen molar-refractivity contribution in [2.24, 2.45) is 0 Å². The van der Waals surface area contributed by atoms with E-state index in [2.05, 4.69) is 9.05 Å². The molecule has 0 aromatic heterocycles. The van der Waals surface area contributed by atoms with E-state index in [1.54, 1.807) is 0 Å². The first-order valence-corrected chi connectivity index (χ1v) is 3.16. The largest absolute Gasteiger partial charge is 0.697 e. The average Bonchev–Trinajstić information content (AvgIpc) is 1.83. The molecule has 0 saturated carbocycles. The smallest absolute Gasteiger partial charge is 0.394 e. The molecule has 0 amide bonds. The Labute approximate surface area is 65.2 Å². The lowest BCUT2D eigenvalue weighted by Crippen LogP contribution is -1.91. The summed E-state index contributed by atoms with van der Waals surface area (Å²) in [5.41, 5.74) is 0. The van der Waals surface area contributed by atoms with E-state index in [4.69, 9.17) is 5.11 Å². The molecule has 4 nitrogen and oxygen atoms in total. The molecule has 1 N–H and O–H groups in total. The summed E-state index contributed by atoms with van der Waals surface area (Å²) < 4.78 is 18.8. The third kappa shape index (κ3) is 8.51. The molecule has 0 aromatic rings. The van der Waals surface area contributed by atoms with E-state index in [0.29, 0.717) is 0 Å². The van der Waals surface area contributed by atoms with E-state index in [1.165, 1.54) is 7.11 Å². The predicted octanol–water partition coefficient (Wildman–Crippen LogP) is -0.885. The van der Waals surface area contributed by atoms with Crippen LogP contribution < -0.4 is 0 Å². The van der Waals surface area contributed by atoms with Gasteiger partial charge in [0.25, 0.3) is 0 Å². The zero-order chi connectivity index (χ0) is 6.41. The van der Waals surface area contributed by atoms with E-state index >= 15 is 0 Å². The van der Waals surface area contributed by atoms with Gasteiger partial charge < -0.3 is 5.11 Å². The molecule has 6 heteroatoms. The van der Waals surface area contributed by atoms with Crippen molar-refractivity contribution in [2.75, 3.05) is 20.3 Å². The normalized spacial score (nSPS) is 10.2. The molecule has 9 heavy (non-hydrogen) atoms. The fraction of sp³-hybridized carbons (Fsp3) is 1.00. The molecule has 0 heterocycles. The minimum absolute atomic E-state index is 0. The molecule has 0 aromatic carbocycles. The minimum Gasteiger partial charge on any atom is -0.394 e. The maximum Gasteiger partial charge on any atom is 0.697 e. The molecular weight excluding hydrogens is 158 g/mol. The summed E-state index contributed by atoms with van der Waals surface area (Å²) in [4.78, 5) is 0. The van der Waals surface area contributed by atoms with Crippen molar-refractivity contribution in [2.45, 2.75) is 0 Å². The highest BCUT2D eigenvalue weighted by molar-refractivity contribution is 7.33. The van der Waals surface area contributed by atoms with Gasteiger partial charge in [-0.3, -0.25) is 0 Å². The Kier molecular flexibility index (Phi) is 11.6. The molecule has 0 fully saturated rings. The van der Waals surface area contributed by atoms with E-state index in [-0.39, 0.29) is 30.6 Å². The van der Waals surface area contributed by atoms with Crippen LogP contribution in [-0.4, -0.2) is 42.8 Å². The summed E-state index contributed by atoms with van der Waals surface area (Å²) in [5.74, 6) is 0. The van der Waals surface area contributed by atoms with Crippen molar-refractivity contribution >= 4 is 25.6 Å². The first kappa shape index (κ1) is 12.2. The first-order chi connectivity index (χ1) is 3.81. The first-order valence-electron chi connectivity index (χ1n) is 2.06. The Bertz CT molecular complexity index is 78.2. The van der Waals surface area contributed by atoms with Gasteiger partial charge in [0.15, 0.2) is 17.4 Å². The third-order valence-electron chi connectivity index (χ3n) is 0.437. The van der Waals surface area contributed by atoms with Crippen LogP contribution in [0.4, 0.5) is 0 Å².